The van der Waals surface area contributed by atoms with Crippen LogP contribution in [-0.4, -0.2) is 5.11 Å². The number of rotatable bonds is 3. The van der Waals surface area contributed by atoms with E-state index < -0.39 is 0 Å². The van der Waals surface area contributed by atoms with Gasteiger partial charge in [-0.25, -0.2) is 0 Å². The van der Waals surface area contributed by atoms with Crippen LogP contribution >= 0.6 is 0 Å². The molecule has 90 valence electrons. The Hall–Kier alpha value is -1.33. The predicted octanol–water partition coefficient (Wildman–Crippen LogP) is 3.05. The zero-order chi connectivity index (χ0) is 12.3. The van der Waals surface area contributed by atoms with Crippen molar-refractivity contribution in [1.82, 2.24) is 0 Å². The first-order chi connectivity index (χ1) is 8.17. The molecule has 0 radical (unpaired) electrons. The Kier molecular flexibility index (Phi) is 3.49. The first-order valence-electron chi connectivity index (χ1n) is 6.27. The molecule has 2 heteroatoms. The minimum absolute atomic E-state index is 0.0840. The Morgan fingerprint density at radius 3 is 2.47 bits per heavy atom. The summed E-state index contributed by atoms with van der Waals surface area (Å²) in [6, 6.07) is 10.5. The number of hydrogen-bond donors (Lipinski definition) is 1. The predicted molar refractivity (Wildman–Crippen MR) is 67.1 cm³/mol. The number of benzene rings is 1. The monoisotopic (exact) mass is 229 g/mol. The molecule has 2 nitrogen and oxygen atoms in total. The van der Waals surface area contributed by atoms with Crippen LogP contribution in [0.25, 0.3) is 0 Å². The van der Waals surface area contributed by atoms with Crippen molar-refractivity contribution in [3.05, 3.63) is 35.4 Å². The second-order valence-corrected chi connectivity index (χ2v) is 5.39. The van der Waals surface area contributed by atoms with Crippen LogP contribution in [0, 0.1) is 22.7 Å². The van der Waals surface area contributed by atoms with E-state index in [1.165, 1.54) is 12.0 Å². The van der Waals surface area contributed by atoms with Crippen LogP contribution in [0.15, 0.2) is 24.3 Å². The first-order valence-corrected chi connectivity index (χ1v) is 6.27. The van der Waals surface area contributed by atoms with Gasteiger partial charge in [0.15, 0.2) is 0 Å². The van der Waals surface area contributed by atoms with E-state index in [4.69, 9.17) is 5.11 Å². The molecule has 1 N–H and O–H groups in total. The summed E-state index contributed by atoms with van der Waals surface area (Å²) in [6.45, 7) is 2.31. The summed E-state index contributed by atoms with van der Waals surface area (Å²) >= 11 is 0. The third-order valence-corrected chi connectivity index (χ3v) is 3.84. The SMILES string of the molecule is CC1CCC(C#N)(Cc2ccc(CO)cc2)C1. The third-order valence-electron chi connectivity index (χ3n) is 3.84. The van der Waals surface area contributed by atoms with Crippen molar-refractivity contribution in [2.24, 2.45) is 11.3 Å². The lowest BCUT2D eigenvalue weighted by Crippen LogP contribution is -2.17. The molecule has 1 saturated carbocycles. The van der Waals surface area contributed by atoms with Gasteiger partial charge in [0.2, 0.25) is 0 Å². The Labute approximate surface area is 103 Å². The highest BCUT2D eigenvalue weighted by molar-refractivity contribution is 5.25. The molecule has 1 aliphatic rings. The summed E-state index contributed by atoms with van der Waals surface area (Å²) < 4.78 is 0. The van der Waals surface area contributed by atoms with Gasteiger partial charge in [-0.1, -0.05) is 31.2 Å². The Morgan fingerprint density at radius 2 is 2.00 bits per heavy atom. The van der Waals surface area contributed by atoms with E-state index in [-0.39, 0.29) is 12.0 Å². The van der Waals surface area contributed by atoms with Gasteiger partial charge in [-0.2, -0.15) is 5.26 Å². The molecule has 1 aliphatic carbocycles. The zero-order valence-electron chi connectivity index (χ0n) is 10.3. The molecular formula is C15H19NO. The molecule has 0 amide bonds. The molecule has 17 heavy (non-hydrogen) atoms. The highest BCUT2D eigenvalue weighted by Gasteiger charge is 2.37. The lowest BCUT2D eigenvalue weighted by atomic mass is 9.81. The highest BCUT2D eigenvalue weighted by atomic mass is 16.3. The molecule has 0 spiro atoms. The molecule has 0 heterocycles. The fourth-order valence-electron chi connectivity index (χ4n) is 2.85. The zero-order valence-corrected chi connectivity index (χ0v) is 10.3. The quantitative estimate of drug-likeness (QED) is 0.865. The van der Waals surface area contributed by atoms with Crippen molar-refractivity contribution in [3.8, 4) is 6.07 Å². The molecule has 0 aromatic heterocycles. The van der Waals surface area contributed by atoms with Crippen LogP contribution in [0.3, 0.4) is 0 Å². The van der Waals surface area contributed by atoms with Gasteiger partial charge in [0.1, 0.15) is 0 Å². The van der Waals surface area contributed by atoms with E-state index in [0.29, 0.717) is 5.92 Å². The van der Waals surface area contributed by atoms with E-state index in [0.717, 1.165) is 24.8 Å². The average molecular weight is 229 g/mol. The maximum atomic E-state index is 9.41. The number of hydrogen-bond acceptors (Lipinski definition) is 2. The Bertz CT molecular complexity index is 418. The number of aliphatic hydroxyl groups is 1. The highest BCUT2D eigenvalue weighted by Crippen LogP contribution is 2.43. The van der Waals surface area contributed by atoms with Crippen LogP contribution in [0.5, 0.6) is 0 Å². The summed E-state index contributed by atoms with van der Waals surface area (Å²) in [5.41, 5.74) is 1.98. The van der Waals surface area contributed by atoms with Gasteiger partial charge in [0.05, 0.1) is 18.1 Å². The maximum Gasteiger partial charge on any atom is 0.0693 e. The standard InChI is InChI=1S/C15H19NO/c1-12-6-7-15(8-12,11-16)9-13-2-4-14(10-17)5-3-13/h2-5,12,17H,6-10H2,1H3. The summed E-state index contributed by atoms with van der Waals surface area (Å²) in [4.78, 5) is 0. The number of aliphatic hydroxyl groups excluding tert-OH is 1. The Balaban J connectivity index is 2.11. The fourth-order valence-corrected chi connectivity index (χ4v) is 2.85. The van der Waals surface area contributed by atoms with Gasteiger partial charge in [0, 0.05) is 0 Å². The first kappa shape index (κ1) is 12.1. The van der Waals surface area contributed by atoms with Crippen LogP contribution in [0.1, 0.15) is 37.3 Å². The van der Waals surface area contributed by atoms with Crippen LogP contribution < -0.4 is 0 Å². The summed E-state index contributed by atoms with van der Waals surface area (Å²) in [7, 11) is 0. The smallest absolute Gasteiger partial charge is 0.0693 e. The molecule has 0 bridgehead atoms. The van der Waals surface area contributed by atoms with E-state index >= 15 is 0 Å². The second-order valence-electron chi connectivity index (χ2n) is 5.39. The largest absolute Gasteiger partial charge is 0.392 e. The van der Waals surface area contributed by atoms with Gasteiger partial charge in [0.25, 0.3) is 0 Å². The minimum Gasteiger partial charge on any atom is -0.392 e. The van der Waals surface area contributed by atoms with E-state index in [9.17, 15) is 5.26 Å². The van der Waals surface area contributed by atoms with Gasteiger partial charge in [-0.3, -0.25) is 0 Å². The molecule has 1 aromatic carbocycles. The molecule has 2 rings (SSSR count). The Morgan fingerprint density at radius 1 is 1.35 bits per heavy atom. The van der Waals surface area contributed by atoms with Crippen molar-refractivity contribution in [2.45, 2.75) is 39.2 Å². The van der Waals surface area contributed by atoms with Crippen molar-refractivity contribution in [3.63, 3.8) is 0 Å². The molecule has 2 atom stereocenters. The maximum absolute atomic E-state index is 9.41. The number of nitrogens with zero attached hydrogens (tertiary/aromatic N) is 1. The van der Waals surface area contributed by atoms with E-state index in [1.807, 2.05) is 24.3 Å². The van der Waals surface area contributed by atoms with E-state index in [1.54, 1.807) is 0 Å². The van der Waals surface area contributed by atoms with Crippen LogP contribution in [0.4, 0.5) is 0 Å². The van der Waals surface area contributed by atoms with Crippen LogP contribution in [-0.2, 0) is 13.0 Å². The topological polar surface area (TPSA) is 44.0 Å². The summed E-state index contributed by atoms with van der Waals surface area (Å²) in [5.74, 6) is 0.673. The third kappa shape index (κ3) is 2.68. The molecule has 2 unspecified atom stereocenters. The van der Waals surface area contributed by atoms with Crippen molar-refractivity contribution < 1.29 is 5.11 Å². The molecule has 1 aromatic rings. The number of nitriles is 1. The van der Waals surface area contributed by atoms with Gasteiger partial charge >= 0.3 is 0 Å². The van der Waals surface area contributed by atoms with E-state index in [2.05, 4.69) is 13.0 Å². The normalized spacial score (nSPS) is 27.9. The molecular weight excluding hydrogens is 210 g/mol. The molecule has 1 fully saturated rings. The van der Waals surface area contributed by atoms with Crippen molar-refractivity contribution in [1.29, 1.82) is 5.26 Å². The van der Waals surface area contributed by atoms with Crippen molar-refractivity contribution >= 4 is 0 Å². The minimum atomic E-state index is -0.153. The average Bonchev–Trinajstić information content (AvgIpc) is 2.72. The lowest BCUT2D eigenvalue weighted by molar-refractivity contribution is 0.282. The second kappa shape index (κ2) is 4.89. The van der Waals surface area contributed by atoms with Gasteiger partial charge < -0.3 is 5.11 Å². The van der Waals surface area contributed by atoms with Crippen molar-refractivity contribution in [2.75, 3.05) is 0 Å². The summed E-state index contributed by atoms with van der Waals surface area (Å²) in [5, 5.41) is 18.4. The molecule has 0 aliphatic heterocycles. The van der Waals surface area contributed by atoms with Gasteiger partial charge in [-0.05, 0) is 42.7 Å². The van der Waals surface area contributed by atoms with Crippen LogP contribution in [0.2, 0.25) is 0 Å². The summed E-state index contributed by atoms with van der Waals surface area (Å²) in [6.07, 6.45) is 4.06. The fraction of sp³-hybridized carbons (Fsp3) is 0.533. The lowest BCUT2D eigenvalue weighted by Gasteiger charge is -2.20. The molecule has 0 saturated heterocycles. The van der Waals surface area contributed by atoms with Gasteiger partial charge in [-0.15, -0.1) is 0 Å².